The Hall–Kier alpha value is -2.56. The molecule has 3 atom stereocenters. The summed E-state index contributed by atoms with van der Waals surface area (Å²) < 4.78 is 0. The van der Waals surface area contributed by atoms with Gasteiger partial charge in [-0.1, -0.05) is 43.5 Å². The predicted molar refractivity (Wildman–Crippen MR) is 95.2 cm³/mol. The van der Waals surface area contributed by atoms with Gasteiger partial charge in [0.2, 0.25) is 0 Å². The van der Waals surface area contributed by atoms with E-state index in [0.717, 1.165) is 23.2 Å². The van der Waals surface area contributed by atoms with Crippen molar-refractivity contribution in [2.75, 3.05) is 5.32 Å². The van der Waals surface area contributed by atoms with Crippen LogP contribution in [0.25, 0.3) is 11.2 Å². The molecule has 2 radical (unpaired) electrons. The molecule has 0 saturated heterocycles. The number of imidazole rings is 1. The Labute approximate surface area is 136 Å². The van der Waals surface area contributed by atoms with E-state index in [4.69, 9.17) is 7.85 Å². The van der Waals surface area contributed by atoms with Crippen LogP contribution in [0, 0.1) is 5.92 Å². The lowest BCUT2D eigenvalue weighted by Crippen LogP contribution is -2.40. The molecule has 3 unspecified atom stereocenters. The number of hydrogen-bond donors (Lipinski definition) is 2. The second-order valence-corrected chi connectivity index (χ2v) is 5.97. The summed E-state index contributed by atoms with van der Waals surface area (Å²) in [5.41, 5.74) is 5.32. The van der Waals surface area contributed by atoms with Crippen LogP contribution < -0.4 is 10.9 Å². The van der Waals surface area contributed by atoms with E-state index >= 15 is 0 Å². The van der Waals surface area contributed by atoms with E-state index in [1.807, 2.05) is 12.2 Å². The van der Waals surface area contributed by atoms with Crippen LogP contribution in [0.15, 0.2) is 55.4 Å². The molecule has 23 heavy (non-hydrogen) atoms. The minimum atomic E-state index is 0.141. The Morgan fingerprint density at radius 3 is 3.04 bits per heavy atom. The van der Waals surface area contributed by atoms with Crippen LogP contribution in [-0.4, -0.2) is 28.8 Å². The SMILES string of the molecule is [B]c1nc2nc[nH]c2c2c1NC(/C(C=C)=C/C=C)C1CC=CC21. The lowest BCUT2D eigenvalue weighted by molar-refractivity contribution is 0.457. The van der Waals surface area contributed by atoms with Crippen molar-refractivity contribution < 1.29 is 0 Å². The van der Waals surface area contributed by atoms with E-state index in [9.17, 15) is 0 Å². The maximum atomic E-state index is 6.21. The third kappa shape index (κ3) is 2.00. The number of aromatic amines is 1. The average Bonchev–Trinajstić information content (AvgIpc) is 3.20. The van der Waals surface area contributed by atoms with Crippen LogP contribution in [0.5, 0.6) is 0 Å². The Balaban J connectivity index is 1.93. The van der Waals surface area contributed by atoms with Crippen LogP contribution >= 0.6 is 0 Å². The zero-order valence-electron chi connectivity index (χ0n) is 12.8. The van der Waals surface area contributed by atoms with Gasteiger partial charge in [-0.2, -0.15) is 0 Å². The zero-order valence-corrected chi connectivity index (χ0v) is 12.8. The van der Waals surface area contributed by atoms with Gasteiger partial charge in [0.1, 0.15) is 7.85 Å². The Morgan fingerprint density at radius 1 is 1.39 bits per heavy atom. The van der Waals surface area contributed by atoms with Crippen LogP contribution in [0.3, 0.4) is 0 Å². The first-order valence-corrected chi connectivity index (χ1v) is 7.75. The van der Waals surface area contributed by atoms with E-state index in [0.29, 0.717) is 17.2 Å². The number of fused-ring (bicyclic) bond motifs is 5. The molecule has 2 aliphatic rings. The highest BCUT2D eigenvalue weighted by Crippen LogP contribution is 2.47. The Kier molecular flexibility index (Phi) is 3.22. The van der Waals surface area contributed by atoms with Crippen LogP contribution in [0.4, 0.5) is 5.69 Å². The van der Waals surface area contributed by atoms with E-state index in [1.54, 1.807) is 12.4 Å². The normalized spacial score (nSPS) is 25.7. The fourth-order valence-corrected chi connectivity index (χ4v) is 3.84. The van der Waals surface area contributed by atoms with Gasteiger partial charge in [0.25, 0.3) is 0 Å². The summed E-state index contributed by atoms with van der Waals surface area (Å²) in [6, 6.07) is 0.141. The van der Waals surface area contributed by atoms with Crippen molar-refractivity contribution in [3.05, 3.63) is 61.0 Å². The topological polar surface area (TPSA) is 53.6 Å². The quantitative estimate of drug-likeness (QED) is 0.520. The standard InChI is InChI=1S/C18H17BN4/c1-3-6-10(4-2)14-12-8-5-7-11(12)13-15(22-14)17(19)23-18-16(13)20-9-21-18/h3-7,9,11-12,14,22H,1-2,8H2,(H,20,21,23)/b10-6+. The van der Waals surface area contributed by atoms with Gasteiger partial charge in [-0.15, -0.1) is 0 Å². The zero-order chi connectivity index (χ0) is 16.0. The van der Waals surface area contributed by atoms with Gasteiger partial charge >= 0.3 is 0 Å². The predicted octanol–water partition coefficient (Wildman–Crippen LogP) is 2.50. The molecule has 1 aliphatic carbocycles. The molecule has 4 rings (SSSR count). The smallest absolute Gasteiger partial charge is 0.177 e. The summed E-state index contributed by atoms with van der Waals surface area (Å²) in [7, 11) is 6.21. The first-order chi connectivity index (χ1) is 11.2. The van der Waals surface area contributed by atoms with Crippen molar-refractivity contribution >= 4 is 30.3 Å². The number of hydrogen-bond acceptors (Lipinski definition) is 3. The van der Waals surface area contributed by atoms with E-state index in [2.05, 4.69) is 45.6 Å². The third-order valence-corrected chi connectivity index (χ3v) is 4.82. The number of anilines is 1. The molecule has 5 heteroatoms. The largest absolute Gasteiger partial charge is 0.377 e. The summed E-state index contributed by atoms with van der Waals surface area (Å²) in [5, 5.41) is 3.59. The van der Waals surface area contributed by atoms with Gasteiger partial charge in [0, 0.05) is 17.1 Å². The molecule has 0 aromatic carbocycles. The molecule has 2 aromatic rings. The van der Waals surface area contributed by atoms with Gasteiger partial charge in [-0.25, -0.2) is 9.97 Å². The first kappa shape index (κ1) is 14.1. The number of H-pyrrole nitrogens is 1. The van der Waals surface area contributed by atoms with E-state index in [1.165, 1.54) is 5.56 Å². The molecule has 3 heterocycles. The lowest BCUT2D eigenvalue weighted by Gasteiger charge is -2.38. The summed E-state index contributed by atoms with van der Waals surface area (Å²) >= 11 is 0. The number of aromatic nitrogens is 3. The molecule has 0 spiro atoms. The van der Waals surface area contributed by atoms with Crippen molar-refractivity contribution in [2.24, 2.45) is 5.92 Å². The van der Waals surface area contributed by atoms with Gasteiger partial charge in [0.05, 0.1) is 23.6 Å². The summed E-state index contributed by atoms with van der Waals surface area (Å²) in [4.78, 5) is 11.9. The number of nitrogens with zero attached hydrogens (tertiary/aromatic N) is 2. The number of rotatable bonds is 3. The number of allylic oxidation sites excluding steroid dienone is 4. The molecule has 0 fully saturated rings. The minimum absolute atomic E-state index is 0.141. The van der Waals surface area contributed by atoms with Crippen molar-refractivity contribution in [2.45, 2.75) is 18.4 Å². The fourth-order valence-electron chi connectivity index (χ4n) is 3.84. The second kappa shape index (κ2) is 5.27. The maximum absolute atomic E-state index is 6.21. The number of nitrogens with one attached hydrogen (secondary N) is 2. The summed E-state index contributed by atoms with van der Waals surface area (Å²) in [5.74, 6) is 0.706. The molecule has 4 nitrogen and oxygen atoms in total. The number of pyridine rings is 1. The Bertz CT molecular complexity index is 861. The first-order valence-electron chi connectivity index (χ1n) is 7.75. The molecule has 0 amide bonds. The monoisotopic (exact) mass is 300 g/mol. The molecule has 2 aromatic heterocycles. The molecule has 2 N–H and O–H groups in total. The molecule has 112 valence electrons. The van der Waals surface area contributed by atoms with Crippen molar-refractivity contribution in [3.8, 4) is 0 Å². The van der Waals surface area contributed by atoms with Gasteiger partial charge in [-0.05, 0) is 17.9 Å². The van der Waals surface area contributed by atoms with Gasteiger partial charge in [-0.3, -0.25) is 0 Å². The second-order valence-electron chi connectivity index (χ2n) is 5.97. The van der Waals surface area contributed by atoms with Crippen molar-refractivity contribution in [3.63, 3.8) is 0 Å². The van der Waals surface area contributed by atoms with Crippen LogP contribution in [0.1, 0.15) is 17.9 Å². The molecule has 0 saturated carbocycles. The van der Waals surface area contributed by atoms with E-state index in [-0.39, 0.29) is 12.0 Å². The summed E-state index contributed by atoms with van der Waals surface area (Å²) in [6.07, 6.45) is 12.9. The molecule has 0 bridgehead atoms. The molecular formula is C18H17BN4. The van der Waals surface area contributed by atoms with Gasteiger partial charge in [0.15, 0.2) is 5.65 Å². The lowest BCUT2D eigenvalue weighted by atomic mass is 9.75. The Morgan fingerprint density at radius 2 is 2.26 bits per heavy atom. The van der Waals surface area contributed by atoms with Crippen molar-refractivity contribution in [1.29, 1.82) is 0 Å². The third-order valence-electron chi connectivity index (χ3n) is 4.82. The highest BCUT2D eigenvalue weighted by atomic mass is 15.0. The maximum Gasteiger partial charge on any atom is 0.177 e. The highest BCUT2D eigenvalue weighted by Gasteiger charge is 2.40. The minimum Gasteiger partial charge on any atom is -0.377 e. The van der Waals surface area contributed by atoms with Gasteiger partial charge < -0.3 is 10.3 Å². The molecular weight excluding hydrogens is 283 g/mol. The molecule has 1 aliphatic heterocycles. The van der Waals surface area contributed by atoms with Crippen LogP contribution in [0.2, 0.25) is 0 Å². The van der Waals surface area contributed by atoms with Crippen LogP contribution in [-0.2, 0) is 0 Å². The fraction of sp³-hybridized carbons (Fsp3) is 0.222. The van der Waals surface area contributed by atoms with E-state index < -0.39 is 0 Å². The van der Waals surface area contributed by atoms with Crippen molar-refractivity contribution in [1.82, 2.24) is 15.0 Å². The summed E-state index contributed by atoms with van der Waals surface area (Å²) in [6.45, 7) is 7.76. The highest BCUT2D eigenvalue weighted by molar-refractivity contribution is 6.35. The average molecular weight is 300 g/mol.